The Morgan fingerprint density at radius 3 is 2.50 bits per heavy atom. The minimum atomic E-state index is 0.0621. The lowest BCUT2D eigenvalue weighted by molar-refractivity contribution is -0.121. The summed E-state index contributed by atoms with van der Waals surface area (Å²) in [6, 6.07) is 18.6. The Morgan fingerprint density at radius 1 is 1.08 bits per heavy atom. The summed E-state index contributed by atoms with van der Waals surface area (Å²) in [6.45, 7) is 3.46. The third-order valence-electron chi connectivity index (χ3n) is 4.42. The molecule has 1 N–H and O–H groups in total. The van der Waals surface area contributed by atoms with Crippen LogP contribution in [0.5, 0.6) is 0 Å². The molecule has 0 fully saturated rings. The van der Waals surface area contributed by atoms with Crippen molar-refractivity contribution < 1.29 is 4.79 Å². The van der Waals surface area contributed by atoms with Gasteiger partial charge in [0, 0.05) is 25.4 Å². The Kier molecular flexibility index (Phi) is 6.14. The van der Waals surface area contributed by atoms with Crippen molar-refractivity contribution >= 4 is 5.91 Å². The molecule has 134 valence electrons. The fraction of sp³-hybridized carbons (Fsp3) is 0.286. The van der Waals surface area contributed by atoms with Crippen LogP contribution in [0.4, 0.5) is 0 Å². The Labute approximate surface area is 154 Å². The summed E-state index contributed by atoms with van der Waals surface area (Å²) in [7, 11) is 0. The standard InChI is InChI=1S/C21H24N4O/c1-17-8-10-19(11-9-17)20(18-6-3-2-4-7-18)14-21(26)23-12-5-13-25-16-22-15-24-25/h2-4,6-11,15-16,20H,5,12-14H2,1H3,(H,23,26)/t20-/m0/s1. The van der Waals surface area contributed by atoms with Crippen molar-refractivity contribution in [2.75, 3.05) is 6.54 Å². The summed E-state index contributed by atoms with van der Waals surface area (Å²) < 4.78 is 1.77. The van der Waals surface area contributed by atoms with E-state index in [1.54, 1.807) is 11.0 Å². The minimum absolute atomic E-state index is 0.0621. The molecule has 0 saturated carbocycles. The van der Waals surface area contributed by atoms with Gasteiger partial charge in [-0.05, 0) is 24.5 Å². The van der Waals surface area contributed by atoms with E-state index in [-0.39, 0.29) is 11.8 Å². The lowest BCUT2D eigenvalue weighted by Gasteiger charge is -2.18. The van der Waals surface area contributed by atoms with Crippen molar-refractivity contribution in [2.45, 2.75) is 32.2 Å². The smallest absolute Gasteiger partial charge is 0.220 e. The van der Waals surface area contributed by atoms with E-state index in [0.717, 1.165) is 18.5 Å². The van der Waals surface area contributed by atoms with Gasteiger partial charge >= 0.3 is 0 Å². The molecule has 0 aliphatic rings. The molecule has 0 unspecified atom stereocenters. The first-order valence-corrected chi connectivity index (χ1v) is 8.93. The Hall–Kier alpha value is -2.95. The lowest BCUT2D eigenvalue weighted by Crippen LogP contribution is -2.27. The second-order valence-corrected chi connectivity index (χ2v) is 6.44. The maximum atomic E-state index is 12.5. The number of rotatable bonds is 8. The fourth-order valence-electron chi connectivity index (χ4n) is 2.99. The van der Waals surface area contributed by atoms with Crippen LogP contribution in [0.15, 0.2) is 67.3 Å². The van der Waals surface area contributed by atoms with Gasteiger partial charge in [-0.25, -0.2) is 4.98 Å². The summed E-state index contributed by atoms with van der Waals surface area (Å²) in [4.78, 5) is 16.4. The van der Waals surface area contributed by atoms with Crippen molar-refractivity contribution in [1.82, 2.24) is 20.1 Å². The molecule has 0 spiro atoms. The van der Waals surface area contributed by atoms with Gasteiger partial charge in [0.2, 0.25) is 5.91 Å². The topological polar surface area (TPSA) is 59.8 Å². The molecule has 0 radical (unpaired) electrons. The van der Waals surface area contributed by atoms with E-state index in [9.17, 15) is 4.79 Å². The van der Waals surface area contributed by atoms with Gasteiger partial charge in [0.1, 0.15) is 12.7 Å². The first-order chi connectivity index (χ1) is 12.7. The average Bonchev–Trinajstić information content (AvgIpc) is 3.18. The predicted octanol–water partition coefficient (Wildman–Crippen LogP) is 3.32. The number of benzene rings is 2. The molecule has 1 heterocycles. The maximum absolute atomic E-state index is 12.5. The van der Waals surface area contributed by atoms with Gasteiger partial charge in [0.15, 0.2) is 0 Å². The SMILES string of the molecule is Cc1ccc([C@@H](CC(=O)NCCCn2cncn2)c2ccccc2)cc1. The zero-order valence-corrected chi connectivity index (χ0v) is 15.0. The van der Waals surface area contributed by atoms with Gasteiger partial charge < -0.3 is 5.32 Å². The van der Waals surface area contributed by atoms with Gasteiger partial charge in [0.05, 0.1) is 0 Å². The average molecular weight is 348 g/mol. The van der Waals surface area contributed by atoms with Gasteiger partial charge in [0.25, 0.3) is 0 Å². The highest BCUT2D eigenvalue weighted by molar-refractivity contribution is 5.77. The number of aromatic nitrogens is 3. The van der Waals surface area contributed by atoms with Gasteiger partial charge in [-0.3, -0.25) is 9.48 Å². The first-order valence-electron chi connectivity index (χ1n) is 8.93. The van der Waals surface area contributed by atoms with Crippen molar-refractivity contribution in [3.8, 4) is 0 Å². The van der Waals surface area contributed by atoms with Crippen LogP contribution in [0.1, 0.15) is 35.4 Å². The number of aryl methyl sites for hydroxylation is 2. The van der Waals surface area contributed by atoms with E-state index in [4.69, 9.17) is 0 Å². The van der Waals surface area contributed by atoms with Crippen LogP contribution in [0.25, 0.3) is 0 Å². The minimum Gasteiger partial charge on any atom is -0.356 e. The van der Waals surface area contributed by atoms with Crippen molar-refractivity contribution in [3.63, 3.8) is 0 Å². The van der Waals surface area contributed by atoms with E-state index in [1.165, 1.54) is 17.5 Å². The zero-order chi connectivity index (χ0) is 18.2. The third-order valence-corrected chi connectivity index (χ3v) is 4.42. The Bertz CT molecular complexity index is 798. The van der Waals surface area contributed by atoms with E-state index in [1.807, 2.05) is 18.2 Å². The van der Waals surface area contributed by atoms with E-state index < -0.39 is 0 Å². The number of nitrogens with one attached hydrogen (secondary N) is 1. The second-order valence-electron chi connectivity index (χ2n) is 6.44. The molecule has 5 heteroatoms. The van der Waals surface area contributed by atoms with Crippen LogP contribution in [-0.2, 0) is 11.3 Å². The molecule has 3 rings (SSSR count). The van der Waals surface area contributed by atoms with E-state index in [2.05, 4.69) is 58.7 Å². The normalized spacial score (nSPS) is 11.9. The quantitative estimate of drug-likeness (QED) is 0.635. The lowest BCUT2D eigenvalue weighted by atomic mass is 9.88. The van der Waals surface area contributed by atoms with Crippen molar-refractivity contribution in [2.24, 2.45) is 0 Å². The van der Waals surface area contributed by atoms with E-state index >= 15 is 0 Å². The van der Waals surface area contributed by atoms with Crippen LogP contribution < -0.4 is 5.32 Å². The number of carbonyl (C=O) groups is 1. The van der Waals surface area contributed by atoms with Crippen LogP contribution in [-0.4, -0.2) is 27.2 Å². The maximum Gasteiger partial charge on any atom is 0.220 e. The number of nitrogens with zero attached hydrogens (tertiary/aromatic N) is 3. The van der Waals surface area contributed by atoms with Crippen molar-refractivity contribution in [1.29, 1.82) is 0 Å². The molecule has 2 aromatic carbocycles. The summed E-state index contributed by atoms with van der Waals surface area (Å²) in [5.74, 6) is 0.130. The molecule has 26 heavy (non-hydrogen) atoms. The molecule has 0 aliphatic carbocycles. The number of hydrogen-bond donors (Lipinski definition) is 1. The molecule has 0 bridgehead atoms. The first kappa shape index (κ1) is 17.9. The largest absolute Gasteiger partial charge is 0.356 e. The highest BCUT2D eigenvalue weighted by atomic mass is 16.1. The monoisotopic (exact) mass is 348 g/mol. The molecular formula is C21H24N4O. The predicted molar refractivity (Wildman–Crippen MR) is 102 cm³/mol. The number of carbonyl (C=O) groups excluding carboxylic acids is 1. The van der Waals surface area contributed by atoms with Crippen LogP contribution >= 0.6 is 0 Å². The summed E-state index contributed by atoms with van der Waals surface area (Å²) in [6.07, 6.45) is 4.47. The highest BCUT2D eigenvalue weighted by Crippen LogP contribution is 2.28. The van der Waals surface area contributed by atoms with Crippen LogP contribution in [0, 0.1) is 6.92 Å². The van der Waals surface area contributed by atoms with Crippen LogP contribution in [0.3, 0.4) is 0 Å². The molecule has 5 nitrogen and oxygen atoms in total. The number of hydrogen-bond acceptors (Lipinski definition) is 3. The van der Waals surface area contributed by atoms with Crippen LogP contribution in [0.2, 0.25) is 0 Å². The summed E-state index contributed by atoms with van der Waals surface area (Å²) in [5, 5.41) is 7.09. The molecule has 1 amide bonds. The molecule has 1 atom stereocenters. The van der Waals surface area contributed by atoms with Gasteiger partial charge in [-0.15, -0.1) is 0 Å². The third kappa shape index (κ3) is 5.02. The molecule has 0 aliphatic heterocycles. The summed E-state index contributed by atoms with van der Waals surface area (Å²) in [5.41, 5.74) is 3.55. The molecule has 3 aromatic rings. The molecular weight excluding hydrogens is 324 g/mol. The zero-order valence-electron chi connectivity index (χ0n) is 15.0. The second kappa shape index (κ2) is 8.94. The fourth-order valence-corrected chi connectivity index (χ4v) is 2.99. The Balaban J connectivity index is 1.60. The molecule has 1 aromatic heterocycles. The van der Waals surface area contributed by atoms with E-state index in [0.29, 0.717) is 13.0 Å². The van der Waals surface area contributed by atoms with Gasteiger partial charge in [-0.1, -0.05) is 60.2 Å². The Morgan fingerprint density at radius 2 is 1.81 bits per heavy atom. The highest BCUT2D eigenvalue weighted by Gasteiger charge is 2.17. The van der Waals surface area contributed by atoms with Crippen molar-refractivity contribution in [3.05, 3.63) is 83.9 Å². The number of amides is 1. The summed E-state index contributed by atoms with van der Waals surface area (Å²) >= 11 is 0. The van der Waals surface area contributed by atoms with Gasteiger partial charge in [-0.2, -0.15) is 5.10 Å². The molecule has 0 saturated heterocycles.